The molecule has 0 aliphatic carbocycles. The Morgan fingerprint density at radius 2 is 2.12 bits per heavy atom. The highest BCUT2D eigenvalue weighted by Gasteiger charge is 2.23. The first-order chi connectivity index (χ1) is 11.8. The fourth-order valence-electron chi connectivity index (χ4n) is 2.45. The Kier molecular flexibility index (Phi) is 8.83. The number of aliphatic hydroxyl groups is 1. The van der Waals surface area contributed by atoms with Gasteiger partial charge >= 0.3 is 5.97 Å². The number of hydrogen-bond acceptors (Lipinski definition) is 5. The van der Waals surface area contributed by atoms with Crippen molar-refractivity contribution < 1.29 is 24.8 Å². The molecule has 1 atom stereocenters. The molecule has 0 saturated carbocycles. The van der Waals surface area contributed by atoms with E-state index in [4.69, 9.17) is 15.1 Å². The van der Waals surface area contributed by atoms with Crippen LogP contribution in [0.25, 0.3) is 0 Å². The average Bonchev–Trinajstić information content (AvgIpc) is 2.56. The fraction of sp³-hybridized carbons (Fsp3) is 0.550. The molecule has 0 aromatic heterocycles. The number of ether oxygens (including phenoxy) is 1. The molecule has 140 valence electrons. The third kappa shape index (κ3) is 7.82. The Labute approximate surface area is 150 Å². The highest BCUT2D eigenvalue weighted by atomic mass is 17.1. The zero-order valence-corrected chi connectivity index (χ0v) is 15.6. The molecule has 1 aliphatic heterocycles. The van der Waals surface area contributed by atoms with E-state index in [1.807, 2.05) is 19.9 Å². The Bertz CT molecular complexity index is 567. The van der Waals surface area contributed by atoms with Crippen LogP contribution in [-0.2, 0) is 14.4 Å². The van der Waals surface area contributed by atoms with Gasteiger partial charge in [0.1, 0.15) is 11.7 Å². The Hall–Kier alpha value is -1.69. The third-order valence-electron chi connectivity index (χ3n) is 4.13. The van der Waals surface area contributed by atoms with Crippen molar-refractivity contribution in [3.8, 4) is 0 Å². The summed E-state index contributed by atoms with van der Waals surface area (Å²) in [6.07, 6.45) is 12.0. The minimum absolute atomic E-state index is 0.0679. The first-order valence-corrected chi connectivity index (χ1v) is 8.62. The van der Waals surface area contributed by atoms with E-state index in [0.717, 1.165) is 24.0 Å². The van der Waals surface area contributed by atoms with Gasteiger partial charge in [0.05, 0.1) is 6.61 Å². The maximum atomic E-state index is 12.1. The second kappa shape index (κ2) is 10.3. The predicted octanol–water partition coefficient (Wildman–Crippen LogP) is 4.11. The van der Waals surface area contributed by atoms with Gasteiger partial charge in [-0.15, -0.1) is 0 Å². The van der Waals surface area contributed by atoms with Crippen LogP contribution in [0.4, 0.5) is 0 Å². The lowest BCUT2D eigenvalue weighted by Crippen LogP contribution is -2.24. The molecule has 1 aliphatic rings. The Balaban J connectivity index is 2.56. The molecular formula is C20H30O5. The molecule has 0 aromatic carbocycles. The van der Waals surface area contributed by atoms with Crippen molar-refractivity contribution in [2.24, 2.45) is 0 Å². The van der Waals surface area contributed by atoms with E-state index in [1.165, 1.54) is 0 Å². The van der Waals surface area contributed by atoms with Gasteiger partial charge in [0, 0.05) is 12.0 Å². The number of rotatable bonds is 9. The van der Waals surface area contributed by atoms with E-state index in [1.54, 1.807) is 32.1 Å². The van der Waals surface area contributed by atoms with E-state index in [2.05, 4.69) is 11.0 Å². The van der Waals surface area contributed by atoms with Crippen LogP contribution >= 0.6 is 0 Å². The van der Waals surface area contributed by atoms with E-state index in [9.17, 15) is 4.79 Å². The van der Waals surface area contributed by atoms with Gasteiger partial charge in [-0.05, 0) is 52.5 Å². The molecule has 0 saturated heterocycles. The number of carbonyl (C=O) groups excluding carboxylic acids is 1. The molecule has 2 N–H and O–H groups in total. The molecule has 5 heteroatoms. The van der Waals surface area contributed by atoms with Crippen molar-refractivity contribution in [3.05, 3.63) is 47.1 Å². The van der Waals surface area contributed by atoms with Crippen LogP contribution in [0.3, 0.4) is 0 Å². The highest BCUT2D eigenvalue weighted by molar-refractivity contribution is 5.89. The van der Waals surface area contributed by atoms with Crippen molar-refractivity contribution >= 4 is 5.97 Å². The summed E-state index contributed by atoms with van der Waals surface area (Å²) in [5, 5.41) is 17.6. The summed E-state index contributed by atoms with van der Waals surface area (Å²) in [6, 6.07) is 0. The lowest BCUT2D eigenvalue weighted by Gasteiger charge is -2.23. The summed E-state index contributed by atoms with van der Waals surface area (Å²) < 4.78 is 5.53. The summed E-state index contributed by atoms with van der Waals surface area (Å²) in [4.78, 5) is 16.5. The Morgan fingerprint density at radius 3 is 2.72 bits per heavy atom. The summed E-state index contributed by atoms with van der Waals surface area (Å²) in [7, 11) is 0. The van der Waals surface area contributed by atoms with Gasteiger partial charge in [-0.25, -0.2) is 9.68 Å². The molecule has 0 unspecified atom stereocenters. The molecule has 0 spiro atoms. The predicted molar refractivity (Wildman–Crippen MR) is 98.0 cm³/mol. The largest absolute Gasteiger partial charge is 0.454 e. The van der Waals surface area contributed by atoms with Gasteiger partial charge < -0.3 is 9.84 Å². The summed E-state index contributed by atoms with van der Waals surface area (Å²) >= 11 is 0. The lowest BCUT2D eigenvalue weighted by atomic mass is 9.99. The van der Waals surface area contributed by atoms with Gasteiger partial charge in [-0.1, -0.05) is 36.0 Å². The van der Waals surface area contributed by atoms with Crippen LogP contribution in [0.1, 0.15) is 53.4 Å². The molecule has 0 amide bonds. The van der Waals surface area contributed by atoms with Gasteiger partial charge in [0.25, 0.3) is 0 Å². The van der Waals surface area contributed by atoms with Gasteiger partial charge in [-0.2, -0.15) is 0 Å². The van der Waals surface area contributed by atoms with Crippen LogP contribution in [0.2, 0.25) is 0 Å². The van der Waals surface area contributed by atoms with E-state index >= 15 is 0 Å². The molecule has 5 nitrogen and oxygen atoms in total. The van der Waals surface area contributed by atoms with Gasteiger partial charge in [0.15, 0.2) is 0 Å². The maximum absolute atomic E-state index is 12.1. The number of cyclic esters (lactones) is 1. The highest BCUT2D eigenvalue weighted by Crippen LogP contribution is 2.23. The van der Waals surface area contributed by atoms with Gasteiger partial charge in [-0.3, -0.25) is 5.26 Å². The van der Waals surface area contributed by atoms with Crippen LogP contribution in [0, 0.1) is 0 Å². The van der Waals surface area contributed by atoms with Crippen LogP contribution in [-0.4, -0.2) is 34.6 Å². The zero-order valence-electron chi connectivity index (χ0n) is 15.6. The molecule has 1 heterocycles. The topological polar surface area (TPSA) is 76.0 Å². The lowest BCUT2D eigenvalue weighted by molar-refractivity contribution is -0.297. The van der Waals surface area contributed by atoms with Crippen molar-refractivity contribution in [2.75, 3.05) is 6.61 Å². The summed E-state index contributed by atoms with van der Waals surface area (Å²) in [5.74, 6) is -0.298. The van der Waals surface area contributed by atoms with Crippen LogP contribution in [0.15, 0.2) is 47.1 Å². The molecule has 0 radical (unpaired) electrons. The van der Waals surface area contributed by atoms with Crippen molar-refractivity contribution in [1.29, 1.82) is 0 Å². The minimum Gasteiger partial charge on any atom is -0.454 e. The standard InChI is InChI=1S/C20H30O5/c1-15(12-14-21)7-5-8-16(2)18-11-10-17(19(22)24-18)9-6-13-20(3,4)25-23/h6,8,10,12-13,18,21,23H,5,7,9,11,14H2,1-4H3/b13-6+,15-12-,16-8+/t18-/m1/s1. The Morgan fingerprint density at radius 1 is 1.40 bits per heavy atom. The normalized spacial score (nSPS) is 20.0. The van der Waals surface area contributed by atoms with Gasteiger partial charge in [0.2, 0.25) is 0 Å². The smallest absolute Gasteiger partial charge is 0.334 e. The molecule has 25 heavy (non-hydrogen) atoms. The number of hydrogen-bond donors (Lipinski definition) is 2. The number of aliphatic hydroxyl groups excluding tert-OH is 1. The molecule has 1 rings (SSSR count). The molecular weight excluding hydrogens is 320 g/mol. The number of carbonyl (C=O) groups is 1. The quantitative estimate of drug-likeness (QED) is 0.283. The summed E-state index contributed by atoms with van der Waals surface area (Å²) in [5.41, 5.74) is 2.04. The fourth-order valence-corrected chi connectivity index (χ4v) is 2.45. The second-order valence-corrected chi connectivity index (χ2v) is 6.88. The van der Waals surface area contributed by atoms with Crippen LogP contribution in [0.5, 0.6) is 0 Å². The minimum atomic E-state index is -0.774. The second-order valence-electron chi connectivity index (χ2n) is 6.88. The maximum Gasteiger partial charge on any atom is 0.334 e. The molecule has 0 bridgehead atoms. The number of esters is 1. The zero-order chi connectivity index (χ0) is 18.9. The number of allylic oxidation sites excluding steroid dienone is 3. The van der Waals surface area contributed by atoms with E-state index in [-0.39, 0.29) is 18.7 Å². The average molecular weight is 350 g/mol. The molecule has 0 aromatic rings. The first kappa shape index (κ1) is 21.4. The summed E-state index contributed by atoms with van der Waals surface area (Å²) in [6.45, 7) is 7.48. The third-order valence-corrected chi connectivity index (χ3v) is 4.13. The van der Waals surface area contributed by atoms with E-state index < -0.39 is 5.60 Å². The first-order valence-electron chi connectivity index (χ1n) is 8.62. The SMILES string of the molecule is C/C(=C/CO)CC/C=C(\C)[C@H]1CC=C(C/C=C/C(C)(C)OO)C(=O)O1. The monoisotopic (exact) mass is 350 g/mol. The van der Waals surface area contributed by atoms with Crippen molar-refractivity contribution in [2.45, 2.75) is 65.1 Å². The van der Waals surface area contributed by atoms with Crippen molar-refractivity contribution in [1.82, 2.24) is 0 Å². The molecule has 0 fully saturated rings. The van der Waals surface area contributed by atoms with Crippen LogP contribution < -0.4 is 0 Å². The van der Waals surface area contributed by atoms with E-state index in [0.29, 0.717) is 18.4 Å². The van der Waals surface area contributed by atoms with Crippen molar-refractivity contribution in [3.63, 3.8) is 0 Å².